The van der Waals surface area contributed by atoms with E-state index in [0.717, 1.165) is 39.7 Å². The Morgan fingerprint density at radius 1 is 1.36 bits per heavy atom. The van der Waals surface area contributed by atoms with Crippen LogP contribution >= 0.6 is 0 Å². The van der Waals surface area contributed by atoms with Crippen molar-refractivity contribution in [2.45, 2.75) is 19.9 Å². The molecule has 2 aromatic rings. The molecule has 1 aromatic heterocycles. The number of sulfonamides is 1. The third-order valence-corrected chi connectivity index (χ3v) is 5.38. The van der Waals surface area contributed by atoms with Gasteiger partial charge in [-0.3, -0.25) is 0 Å². The highest BCUT2D eigenvalue weighted by Gasteiger charge is 2.20. The summed E-state index contributed by atoms with van der Waals surface area (Å²) in [6, 6.07) is 8.11. The van der Waals surface area contributed by atoms with E-state index in [1.54, 1.807) is 7.11 Å². The number of methoxy groups -OCH3 is 1. The second-order valence-corrected chi connectivity index (χ2v) is 8.43. The minimum atomic E-state index is -3.25. The molecule has 0 saturated carbocycles. The van der Waals surface area contributed by atoms with Crippen LogP contribution in [0.3, 0.4) is 0 Å². The van der Waals surface area contributed by atoms with Crippen molar-refractivity contribution in [3.63, 3.8) is 0 Å². The van der Waals surface area contributed by atoms with Crippen molar-refractivity contribution in [2.75, 3.05) is 19.9 Å². The Labute approximate surface area is 167 Å². The number of ether oxygens (including phenoxy) is 1. The average molecular weight is 400 g/mol. The molecule has 0 bridgehead atoms. The maximum Gasteiger partial charge on any atom is 0.209 e. The number of allylic oxidation sites excluding steroid dienone is 4. The number of rotatable bonds is 6. The number of nitrogens with zero attached hydrogens (tertiary/aromatic N) is 2. The molecule has 1 aromatic carbocycles. The fourth-order valence-corrected chi connectivity index (χ4v) is 3.84. The molecule has 3 rings (SSSR count). The van der Waals surface area contributed by atoms with Gasteiger partial charge in [-0.05, 0) is 36.6 Å². The summed E-state index contributed by atoms with van der Waals surface area (Å²) >= 11 is 0. The summed E-state index contributed by atoms with van der Waals surface area (Å²) in [5, 5.41) is 10.7. The number of hydrogen-bond acceptors (Lipinski definition) is 4. The fraction of sp³-hybridized carbons (Fsp3) is 0.286. The molecule has 0 unspecified atom stereocenters. The minimum absolute atomic E-state index is 0. The molecule has 0 aliphatic heterocycles. The molecule has 0 amide bonds. The molecule has 1 heterocycles. The van der Waals surface area contributed by atoms with E-state index in [9.17, 15) is 13.7 Å². The minimum Gasteiger partial charge on any atom is -0.497 e. The predicted molar refractivity (Wildman–Crippen MR) is 114 cm³/mol. The molecule has 0 atom stereocenters. The van der Waals surface area contributed by atoms with Gasteiger partial charge < -0.3 is 9.30 Å². The van der Waals surface area contributed by atoms with Gasteiger partial charge in [0.1, 0.15) is 11.8 Å². The van der Waals surface area contributed by atoms with Crippen molar-refractivity contribution in [2.24, 2.45) is 0 Å². The summed E-state index contributed by atoms with van der Waals surface area (Å²) in [6.07, 6.45) is 9.57. The molecule has 1 aliphatic carbocycles. The van der Waals surface area contributed by atoms with Gasteiger partial charge >= 0.3 is 0 Å². The van der Waals surface area contributed by atoms with Gasteiger partial charge in [0, 0.05) is 26.0 Å². The molecule has 0 saturated heterocycles. The van der Waals surface area contributed by atoms with Crippen molar-refractivity contribution in [3.05, 3.63) is 59.3 Å². The lowest BCUT2D eigenvalue weighted by Crippen LogP contribution is -2.23. The van der Waals surface area contributed by atoms with E-state index >= 15 is 0 Å². The first-order chi connectivity index (χ1) is 13.4. The van der Waals surface area contributed by atoms with Crippen molar-refractivity contribution < 1.29 is 14.6 Å². The number of aryl methyl sites for hydroxylation is 1. The van der Waals surface area contributed by atoms with Gasteiger partial charge in [-0.25, -0.2) is 13.1 Å². The molecular weight excluding hydrogens is 374 g/mol. The van der Waals surface area contributed by atoms with Gasteiger partial charge in [-0.2, -0.15) is 5.26 Å². The topological polar surface area (TPSA) is 84.1 Å². The third-order valence-electron chi connectivity index (χ3n) is 4.71. The molecule has 0 spiro atoms. The van der Waals surface area contributed by atoms with E-state index in [0.29, 0.717) is 18.5 Å². The van der Waals surface area contributed by atoms with E-state index in [2.05, 4.69) is 15.4 Å². The van der Waals surface area contributed by atoms with Crippen LogP contribution in [0.25, 0.3) is 16.5 Å². The quantitative estimate of drug-likeness (QED) is 0.804. The zero-order valence-electron chi connectivity index (χ0n) is 16.2. The highest BCUT2D eigenvalue weighted by molar-refractivity contribution is 7.88. The Hall–Kier alpha value is -2.82. The first-order valence-corrected chi connectivity index (χ1v) is 10.9. The molecule has 1 N–H and O–H groups in total. The van der Waals surface area contributed by atoms with E-state index < -0.39 is 10.0 Å². The molecule has 0 radical (unpaired) electrons. The Bertz CT molecular complexity index is 1150. The molecule has 0 fully saturated rings. The number of hydrogen-bond donors (Lipinski definition) is 1. The maximum absolute atomic E-state index is 11.3. The van der Waals surface area contributed by atoms with Crippen molar-refractivity contribution in [1.82, 2.24) is 9.29 Å². The van der Waals surface area contributed by atoms with Crippen LogP contribution in [0.2, 0.25) is 0 Å². The van der Waals surface area contributed by atoms with E-state index in [1.807, 2.05) is 49.4 Å². The summed E-state index contributed by atoms with van der Waals surface area (Å²) in [4.78, 5) is 0. The van der Waals surface area contributed by atoms with Crippen LogP contribution in [0.4, 0.5) is 0 Å². The molecule has 7 heteroatoms. The number of fused-ring (bicyclic) bond motifs is 1. The summed E-state index contributed by atoms with van der Waals surface area (Å²) in [7, 11) is -1.62. The van der Waals surface area contributed by atoms with Crippen molar-refractivity contribution >= 4 is 26.5 Å². The number of aromatic nitrogens is 1. The first-order valence-electron chi connectivity index (χ1n) is 8.99. The van der Waals surface area contributed by atoms with Gasteiger partial charge in [0.05, 0.1) is 30.1 Å². The smallest absolute Gasteiger partial charge is 0.209 e. The highest BCUT2D eigenvalue weighted by atomic mass is 32.2. The zero-order chi connectivity index (χ0) is 20.3. The lowest BCUT2D eigenvalue weighted by molar-refractivity contribution is 0.415. The first kappa shape index (κ1) is 19.9. The van der Waals surface area contributed by atoms with Crippen molar-refractivity contribution in [3.8, 4) is 11.8 Å². The van der Waals surface area contributed by atoms with Crippen molar-refractivity contribution in [1.29, 1.82) is 5.26 Å². The standard InChI is InChI=1S/C21H23N3O3S.H2/c1-4-24-20-12-17(27-2)10-11-18(20)19(13-22)21(24)16-7-5-6-15(8-9-16)14-23-28(3,25)26;/h5-6,8-12,23H,4,7,14H2,1-3H3;1H. The number of benzene rings is 1. The Morgan fingerprint density at radius 3 is 2.79 bits per heavy atom. The molecule has 6 nitrogen and oxygen atoms in total. The monoisotopic (exact) mass is 399 g/mol. The molecule has 28 heavy (non-hydrogen) atoms. The number of nitrogens with one attached hydrogen (secondary N) is 1. The molecular formula is C21H25N3O3S. The van der Waals surface area contributed by atoms with Crippen LogP contribution < -0.4 is 9.46 Å². The fourth-order valence-electron chi connectivity index (χ4n) is 3.41. The maximum atomic E-state index is 11.3. The molecule has 1 aliphatic rings. The SMILES string of the molecule is CCn1c(C2=CC=C(CNS(C)(=O)=O)C=CC2)c(C#N)c2ccc(OC)cc21.[HH]. The summed E-state index contributed by atoms with van der Waals surface area (Å²) < 4.78 is 32.7. The largest absolute Gasteiger partial charge is 0.497 e. The van der Waals surface area contributed by atoms with Crippen LogP contribution in [0.5, 0.6) is 5.75 Å². The Morgan fingerprint density at radius 2 is 2.14 bits per heavy atom. The van der Waals surface area contributed by atoms with Crippen LogP contribution in [0.1, 0.15) is 26.0 Å². The molecule has 148 valence electrons. The van der Waals surface area contributed by atoms with Gasteiger partial charge in [0.25, 0.3) is 0 Å². The number of nitriles is 1. The lowest BCUT2D eigenvalue weighted by atomic mass is 10.0. The summed E-state index contributed by atoms with van der Waals surface area (Å²) in [6.45, 7) is 3.00. The third kappa shape index (κ3) is 4.03. The van der Waals surface area contributed by atoms with Crippen LogP contribution in [0.15, 0.2) is 48.1 Å². The normalized spacial score (nSPS) is 14.4. The second-order valence-electron chi connectivity index (χ2n) is 6.60. The average Bonchev–Trinajstić information content (AvgIpc) is 2.80. The van der Waals surface area contributed by atoms with E-state index in [1.165, 1.54) is 0 Å². The van der Waals surface area contributed by atoms with E-state index in [4.69, 9.17) is 4.74 Å². The van der Waals surface area contributed by atoms with Crippen LogP contribution in [-0.4, -0.2) is 32.9 Å². The second kappa shape index (κ2) is 8.05. The van der Waals surface area contributed by atoms with Gasteiger partial charge in [-0.1, -0.05) is 24.3 Å². The van der Waals surface area contributed by atoms with E-state index in [-0.39, 0.29) is 7.97 Å². The zero-order valence-corrected chi connectivity index (χ0v) is 17.0. The Kier molecular flexibility index (Phi) is 5.73. The van der Waals surface area contributed by atoms with Gasteiger partial charge in [-0.15, -0.1) is 0 Å². The Balaban J connectivity index is 0.00000300. The highest BCUT2D eigenvalue weighted by Crippen LogP contribution is 2.35. The van der Waals surface area contributed by atoms with Gasteiger partial charge in [0.2, 0.25) is 10.0 Å². The summed E-state index contributed by atoms with van der Waals surface area (Å²) in [5.74, 6) is 0.750. The van der Waals surface area contributed by atoms with Crippen LogP contribution in [-0.2, 0) is 16.6 Å². The summed E-state index contributed by atoms with van der Waals surface area (Å²) in [5.41, 5.74) is 4.38. The predicted octanol–water partition coefficient (Wildman–Crippen LogP) is 3.61. The van der Waals surface area contributed by atoms with Gasteiger partial charge in [0.15, 0.2) is 0 Å². The van der Waals surface area contributed by atoms with Crippen LogP contribution in [0, 0.1) is 11.3 Å². The lowest BCUT2D eigenvalue weighted by Gasteiger charge is -2.11.